The van der Waals surface area contributed by atoms with Crippen molar-refractivity contribution in [2.75, 3.05) is 0 Å². The number of rotatable bonds is 12. The second kappa shape index (κ2) is 19.4. The molecule has 20 unspecified atom stereocenters. The Bertz CT molecular complexity index is 1920. The van der Waals surface area contributed by atoms with Gasteiger partial charge in [-0.1, -0.05) is 20.8 Å². The molecule has 0 amide bonds. The van der Waals surface area contributed by atoms with E-state index >= 15 is 0 Å². The third-order valence-corrected chi connectivity index (χ3v) is 20.5. The molecule has 10 rings (SSSR count). The van der Waals surface area contributed by atoms with Gasteiger partial charge in [-0.05, 0) is 215 Å². The highest BCUT2D eigenvalue weighted by atomic mass is 16.6. The lowest BCUT2D eigenvalue weighted by Gasteiger charge is -2.41. The molecule has 0 aromatic heterocycles. The number of esters is 6. The summed E-state index contributed by atoms with van der Waals surface area (Å²) in [6.45, 7) is 22.4. The van der Waals surface area contributed by atoms with Crippen molar-refractivity contribution in [2.24, 2.45) is 99.1 Å². The summed E-state index contributed by atoms with van der Waals surface area (Å²) in [6.07, 6.45) is 15.8. The van der Waals surface area contributed by atoms with E-state index in [4.69, 9.17) is 28.4 Å². The van der Waals surface area contributed by atoms with Gasteiger partial charge in [0.15, 0.2) is 0 Å². The van der Waals surface area contributed by atoms with Gasteiger partial charge in [0.1, 0.15) is 36.6 Å². The lowest BCUT2D eigenvalue weighted by Crippen LogP contribution is -2.43. The van der Waals surface area contributed by atoms with Gasteiger partial charge in [-0.25, -0.2) is 0 Å². The molecule has 0 aromatic carbocycles. The lowest BCUT2D eigenvalue weighted by atomic mass is 9.69. The second-order valence-corrected chi connectivity index (χ2v) is 25.4. The monoisotopic (exact) mass is 951 g/mol. The summed E-state index contributed by atoms with van der Waals surface area (Å²) in [5, 5.41) is 0. The number of carbonyl (C=O) groups is 6. The number of ether oxygens (including phenoxy) is 6. The van der Waals surface area contributed by atoms with Crippen LogP contribution < -0.4 is 0 Å². The first kappa shape index (κ1) is 51.2. The summed E-state index contributed by atoms with van der Waals surface area (Å²) >= 11 is 0. The molecule has 0 aliphatic heterocycles. The molecule has 8 bridgehead atoms. The topological polar surface area (TPSA) is 158 Å². The second-order valence-electron chi connectivity index (χ2n) is 25.4. The Hall–Kier alpha value is -3.18. The van der Waals surface area contributed by atoms with E-state index in [9.17, 15) is 28.8 Å². The van der Waals surface area contributed by atoms with Gasteiger partial charge in [-0.15, -0.1) is 0 Å². The molecule has 20 atom stereocenters. The molecule has 10 saturated carbocycles. The summed E-state index contributed by atoms with van der Waals surface area (Å²) < 4.78 is 34.3. The van der Waals surface area contributed by atoms with Crippen LogP contribution in [0.5, 0.6) is 0 Å². The highest BCUT2D eigenvalue weighted by molar-refractivity contribution is 5.77. The van der Waals surface area contributed by atoms with Gasteiger partial charge < -0.3 is 28.4 Å². The Morgan fingerprint density at radius 3 is 1.18 bits per heavy atom. The first-order valence-electron chi connectivity index (χ1n) is 27.1. The molecule has 0 radical (unpaired) electrons. The quantitative estimate of drug-likeness (QED) is 0.104. The molecule has 10 aliphatic carbocycles. The van der Waals surface area contributed by atoms with E-state index in [1.165, 1.54) is 40.0 Å². The highest BCUT2D eigenvalue weighted by Crippen LogP contribution is 2.68. The van der Waals surface area contributed by atoms with Gasteiger partial charge in [-0.2, -0.15) is 0 Å². The molecule has 12 heteroatoms. The van der Waals surface area contributed by atoms with E-state index in [2.05, 4.69) is 0 Å². The first-order chi connectivity index (χ1) is 32.0. The van der Waals surface area contributed by atoms with Crippen molar-refractivity contribution >= 4 is 35.8 Å². The normalized spacial score (nSPS) is 41.6. The summed E-state index contributed by atoms with van der Waals surface area (Å²) in [5.41, 5.74) is -1.16. The van der Waals surface area contributed by atoms with Crippen LogP contribution in [0.1, 0.15) is 179 Å². The van der Waals surface area contributed by atoms with Crippen molar-refractivity contribution in [1.29, 1.82) is 0 Å². The molecule has 12 nitrogen and oxygen atoms in total. The molecule has 0 aromatic rings. The zero-order valence-electron chi connectivity index (χ0n) is 43.6. The number of carbonyl (C=O) groups excluding carboxylic acids is 6. The predicted octanol–water partition coefficient (Wildman–Crippen LogP) is 10.2. The van der Waals surface area contributed by atoms with Gasteiger partial charge in [0.05, 0.1) is 16.2 Å². The van der Waals surface area contributed by atoms with E-state index in [0.717, 1.165) is 77.0 Å². The number of hydrogen-bond donors (Lipinski definition) is 0. The van der Waals surface area contributed by atoms with Crippen molar-refractivity contribution in [2.45, 2.75) is 216 Å². The summed E-state index contributed by atoms with van der Waals surface area (Å²) in [5.74, 6) is 7.70. The van der Waals surface area contributed by atoms with Crippen molar-refractivity contribution in [1.82, 2.24) is 0 Å². The molecular weight excluding hydrogens is 865 g/mol. The Balaban J connectivity index is 0.000000138. The average Bonchev–Trinajstić information content (AvgIpc) is 4.12. The Kier molecular flexibility index (Phi) is 14.6. The maximum absolute atomic E-state index is 12.5. The number of fused-ring (bicyclic) bond motifs is 19. The van der Waals surface area contributed by atoms with Gasteiger partial charge in [-0.3, -0.25) is 28.8 Å². The highest BCUT2D eigenvalue weighted by Gasteiger charge is 2.66. The average molecular weight is 951 g/mol. The molecule has 0 saturated heterocycles. The van der Waals surface area contributed by atoms with Gasteiger partial charge in [0.2, 0.25) is 0 Å². The summed E-state index contributed by atoms with van der Waals surface area (Å²) in [4.78, 5) is 70.9. The van der Waals surface area contributed by atoms with Crippen molar-refractivity contribution < 1.29 is 57.2 Å². The zero-order chi connectivity index (χ0) is 49.4. The Labute approximate surface area is 406 Å². The molecule has 10 fully saturated rings. The fourth-order valence-corrected chi connectivity index (χ4v) is 16.2. The molecule has 68 heavy (non-hydrogen) atoms. The first-order valence-corrected chi connectivity index (χ1v) is 27.1. The molecular formula is C56H86O12. The third-order valence-electron chi connectivity index (χ3n) is 20.5. The molecule has 0 spiro atoms. The lowest BCUT2D eigenvalue weighted by molar-refractivity contribution is -0.167. The van der Waals surface area contributed by atoms with E-state index in [1.807, 2.05) is 62.3 Å². The summed E-state index contributed by atoms with van der Waals surface area (Å²) in [6, 6.07) is 0. The maximum atomic E-state index is 12.5. The third kappa shape index (κ3) is 9.76. The smallest absolute Gasteiger partial charge is 0.311 e. The van der Waals surface area contributed by atoms with Crippen LogP contribution in [0.25, 0.3) is 0 Å². The van der Waals surface area contributed by atoms with E-state index in [-0.39, 0.29) is 77.9 Å². The minimum absolute atomic E-state index is 0.0277. The Morgan fingerprint density at radius 2 is 0.706 bits per heavy atom. The predicted molar refractivity (Wildman–Crippen MR) is 253 cm³/mol. The zero-order valence-corrected chi connectivity index (χ0v) is 43.6. The minimum atomic E-state index is -0.393. The van der Waals surface area contributed by atoms with Gasteiger partial charge in [0, 0.05) is 26.7 Å². The maximum Gasteiger partial charge on any atom is 0.311 e. The molecule has 10 aliphatic rings. The van der Waals surface area contributed by atoms with Crippen LogP contribution in [-0.2, 0) is 57.2 Å². The minimum Gasteiger partial charge on any atom is -0.463 e. The Morgan fingerprint density at radius 1 is 0.353 bits per heavy atom. The van der Waals surface area contributed by atoms with Crippen LogP contribution in [0.15, 0.2) is 0 Å². The van der Waals surface area contributed by atoms with Crippen LogP contribution in [0.4, 0.5) is 0 Å². The van der Waals surface area contributed by atoms with E-state index in [0.29, 0.717) is 82.9 Å². The van der Waals surface area contributed by atoms with Crippen molar-refractivity contribution in [3.05, 3.63) is 0 Å². The van der Waals surface area contributed by atoms with E-state index < -0.39 is 10.8 Å². The molecule has 0 heterocycles. The molecule has 382 valence electrons. The van der Waals surface area contributed by atoms with Crippen molar-refractivity contribution in [3.63, 3.8) is 0 Å². The van der Waals surface area contributed by atoms with Crippen LogP contribution in [0.3, 0.4) is 0 Å². The largest absolute Gasteiger partial charge is 0.463 e. The summed E-state index contributed by atoms with van der Waals surface area (Å²) in [7, 11) is 0. The fraction of sp³-hybridized carbons (Fsp3) is 0.893. The van der Waals surface area contributed by atoms with Crippen LogP contribution in [0, 0.1) is 99.1 Å². The van der Waals surface area contributed by atoms with Crippen LogP contribution in [0.2, 0.25) is 0 Å². The van der Waals surface area contributed by atoms with Crippen LogP contribution in [-0.4, -0.2) is 72.4 Å². The van der Waals surface area contributed by atoms with E-state index in [1.54, 1.807) is 0 Å². The van der Waals surface area contributed by atoms with Crippen molar-refractivity contribution in [3.8, 4) is 0 Å². The van der Waals surface area contributed by atoms with Gasteiger partial charge >= 0.3 is 35.8 Å². The SMILES string of the molecule is CCC(C)(C)C(=O)OC1CC2CC1C1C3CC(OC(C)=O)C(C3)C21.CCC(C)(C)C(=O)OC1CC2CC1C1CC(OC(C)=O)CC21.CCC(C)(C)C(=O)OC1CCC2C3CC(CC3OC(C)=O)C12. The number of hydrogen-bond acceptors (Lipinski definition) is 12. The van der Waals surface area contributed by atoms with Gasteiger partial charge in [0.25, 0.3) is 0 Å². The van der Waals surface area contributed by atoms with Crippen LogP contribution >= 0.6 is 0 Å². The molecule has 0 N–H and O–H groups in total. The standard InChI is InChI=1S/C20H30O4.2C18H28O4/c1-5-20(3,4)19(22)24-16-9-12-7-14(16)18-11-6-13(17(12)18)15(8-11)23-10(2)21;1-5-18(3,4)17(20)22-16-7-11-6-15(16)14-9-12(8-13(11)14)21-10(2)19;1-5-18(3,4)17(20)22-14-7-6-12-13-8-11(16(12)14)9-15(13)21-10(2)19/h11-18H,5-9H2,1-4H3;2*11-16H,5-9H2,1-4H3. The fourth-order valence-electron chi connectivity index (χ4n) is 16.2.